The molecule has 41 heavy (non-hydrogen) atoms. The van der Waals surface area contributed by atoms with Crippen molar-refractivity contribution >= 4 is 52.4 Å². The smallest absolute Gasteiger partial charge is 0.267 e. The van der Waals surface area contributed by atoms with Crippen LogP contribution in [-0.2, 0) is 14.4 Å². The first kappa shape index (κ1) is 30.8. The van der Waals surface area contributed by atoms with Crippen LogP contribution >= 0.6 is 11.8 Å². The average molecular weight is 584 g/mol. The number of nitrogens with two attached hydrogens (primary N) is 3. The molecule has 1 heterocycles. The van der Waals surface area contributed by atoms with Gasteiger partial charge in [0.25, 0.3) is 5.91 Å². The molecular formula is C27H33N7O6S. The number of primary amides is 1. The number of para-hydroxylation sites is 1. The zero-order valence-corrected chi connectivity index (χ0v) is 23.7. The summed E-state index contributed by atoms with van der Waals surface area (Å²) in [6, 6.07) is 10.0. The van der Waals surface area contributed by atoms with E-state index in [1.807, 2.05) is 6.07 Å². The van der Waals surface area contributed by atoms with Gasteiger partial charge in [-0.1, -0.05) is 18.2 Å². The fourth-order valence-electron chi connectivity index (χ4n) is 3.87. The molecule has 1 aliphatic heterocycles. The lowest BCUT2D eigenvalue weighted by Crippen LogP contribution is -2.53. The number of amides is 3. The van der Waals surface area contributed by atoms with Crippen molar-refractivity contribution in [1.82, 2.24) is 10.2 Å². The first-order chi connectivity index (χ1) is 19.5. The number of aromatic hydroxyl groups is 1. The maximum absolute atomic E-state index is 13.7. The van der Waals surface area contributed by atoms with Gasteiger partial charge >= 0.3 is 0 Å². The van der Waals surface area contributed by atoms with E-state index in [1.165, 1.54) is 26.0 Å². The van der Waals surface area contributed by atoms with Gasteiger partial charge in [0.05, 0.1) is 24.8 Å². The van der Waals surface area contributed by atoms with Crippen LogP contribution in [0.25, 0.3) is 6.08 Å². The SMILES string of the molecule is COc1cc(C=C2SC(=Nc3ccccc3)N([C@@H](C)C(=O)N[C@@H](CCCN=C(N)N)C(N)=O)C2=O)cc(OC)c1O. The van der Waals surface area contributed by atoms with Crippen LogP contribution in [0.4, 0.5) is 5.69 Å². The fourth-order valence-corrected chi connectivity index (χ4v) is 4.93. The molecule has 0 bridgehead atoms. The number of hydrogen-bond acceptors (Lipinski definition) is 9. The van der Waals surface area contributed by atoms with Gasteiger partial charge in [0.2, 0.25) is 17.6 Å². The van der Waals surface area contributed by atoms with Gasteiger partial charge in [0, 0.05) is 6.54 Å². The summed E-state index contributed by atoms with van der Waals surface area (Å²) in [4.78, 5) is 48.9. The quantitative estimate of drug-likeness (QED) is 0.106. The Labute approximate surface area is 241 Å². The van der Waals surface area contributed by atoms with E-state index in [4.69, 9.17) is 26.7 Å². The molecule has 14 heteroatoms. The molecule has 0 radical (unpaired) electrons. The van der Waals surface area contributed by atoms with Crippen LogP contribution in [0.3, 0.4) is 0 Å². The van der Waals surface area contributed by atoms with Crippen molar-refractivity contribution in [3.63, 3.8) is 0 Å². The zero-order chi connectivity index (χ0) is 30.1. The molecule has 8 N–H and O–H groups in total. The Morgan fingerprint density at radius 3 is 2.32 bits per heavy atom. The van der Waals surface area contributed by atoms with Crippen molar-refractivity contribution in [1.29, 1.82) is 0 Å². The molecular weight excluding hydrogens is 550 g/mol. The van der Waals surface area contributed by atoms with E-state index in [0.717, 1.165) is 11.8 Å². The lowest BCUT2D eigenvalue weighted by atomic mass is 10.1. The second-order valence-electron chi connectivity index (χ2n) is 8.88. The van der Waals surface area contributed by atoms with E-state index in [-0.39, 0.29) is 46.2 Å². The topological polar surface area (TPSA) is 208 Å². The van der Waals surface area contributed by atoms with Gasteiger partial charge in [0.15, 0.2) is 22.6 Å². The number of phenolic OH excluding ortho intramolecular Hbond substituents is 1. The van der Waals surface area contributed by atoms with E-state index >= 15 is 0 Å². The highest BCUT2D eigenvalue weighted by Gasteiger charge is 2.40. The largest absolute Gasteiger partial charge is 0.502 e. The molecule has 3 amide bonds. The molecule has 0 spiro atoms. The number of aliphatic imine (C=N–C) groups is 2. The number of nitrogens with zero attached hydrogens (tertiary/aromatic N) is 3. The Morgan fingerprint density at radius 1 is 1.12 bits per heavy atom. The predicted octanol–water partition coefficient (Wildman–Crippen LogP) is 1.43. The van der Waals surface area contributed by atoms with E-state index < -0.39 is 29.8 Å². The van der Waals surface area contributed by atoms with Crippen molar-refractivity contribution in [3.05, 3.63) is 52.9 Å². The molecule has 218 valence electrons. The number of carbonyl (C=O) groups is 3. The third kappa shape index (κ3) is 7.91. The number of carbonyl (C=O) groups excluding carboxylic acids is 3. The molecule has 2 aromatic rings. The van der Waals surface area contributed by atoms with E-state index in [9.17, 15) is 19.5 Å². The number of ether oxygens (including phenoxy) is 2. The number of amidine groups is 1. The minimum Gasteiger partial charge on any atom is -0.502 e. The summed E-state index contributed by atoms with van der Waals surface area (Å²) < 4.78 is 10.4. The monoisotopic (exact) mass is 583 g/mol. The van der Waals surface area contributed by atoms with Crippen molar-refractivity contribution < 1.29 is 29.0 Å². The standard InChI is InChI=1S/C27H33N7O6S/c1-15(24(37)33-18(23(28)36)10-7-11-31-26(29)30)34-25(38)21(41-27(34)32-17-8-5-4-6-9-17)14-16-12-19(39-2)22(35)20(13-16)40-3/h4-6,8-9,12-15,18,35H,7,10-11H2,1-3H3,(H2,28,36)(H,33,37)(H4,29,30,31)/t15-,18-/m0/s1. The van der Waals surface area contributed by atoms with E-state index in [0.29, 0.717) is 17.7 Å². The molecule has 2 atom stereocenters. The van der Waals surface area contributed by atoms with E-state index in [1.54, 1.807) is 42.5 Å². The number of hydrogen-bond donors (Lipinski definition) is 5. The number of benzene rings is 2. The highest BCUT2D eigenvalue weighted by molar-refractivity contribution is 8.18. The van der Waals surface area contributed by atoms with E-state index in [2.05, 4.69) is 15.3 Å². The first-order valence-electron chi connectivity index (χ1n) is 12.5. The second-order valence-corrected chi connectivity index (χ2v) is 9.89. The lowest BCUT2D eigenvalue weighted by molar-refractivity contribution is -0.134. The summed E-state index contributed by atoms with van der Waals surface area (Å²) in [6.45, 7) is 1.79. The molecule has 0 aromatic heterocycles. The predicted molar refractivity (Wildman–Crippen MR) is 158 cm³/mol. The first-order valence-corrected chi connectivity index (χ1v) is 13.3. The van der Waals surface area contributed by atoms with Crippen LogP contribution in [0.1, 0.15) is 25.3 Å². The number of guanidine groups is 1. The highest BCUT2D eigenvalue weighted by atomic mass is 32.2. The van der Waals surface area contributed by atoms with Crippen molar-refractivity contribution in [2.75, 3.05) is 20.8 Å². The van der Waals surface area contributed by atoms with Crippen molar-refractivity contribution in [2.45, 2.75) is 31.8 Å². The van der Waals surface area contributed by atoms with Crippen molar-refractivity contribution in [3.8, 4) is 17.2 Å². The lowest BCUT2D eigenvalue weighted by Gasteiger charge is -2.25. The summed E-state index contributed by atoms with van der Waals surface area (Å²) in [5, 5.41) is 13.1. The summed E-state index contributed by atoms with van der Waals surface area (Å²) >= 11 is 1.07. The van der Waals surface area contributed by atoms with Crippen LogP contribution < -0.4 is 32.0 Å². The number of thioether (sulfide) groups is 1. The summed E-state index contributed by atoms with van der Waals surface area (Å²) in [6.07, 6.45) is 2.18. The van der Waals surface area contributed by atoms with Crippen molar-refractivity contribution in [2.24, 2.45) is 27.2 Å². The van der Waals surface area contributed by atoms with Gasteiger partial charge < -0.3 is 37.1 Å². The average Bonchev–Trinajstić information content (AvgIpc) is 3.24. The molecule has 0 saturated carbocycles. The summed E-state index contributed by atoms with van der Waals surface area (Å²) in [5.41, 5.74) is 17.2. The third-order valence-corrected chi connectivity index (χ3v) is 6.97. The normalized spacial score (nSPS) is 16.4. The molecule has 1 saturated heterocycles. The molecule has 0 aliphatic carbocycles. The summed E-state index contributed by atoms with van der Waals surface area (Å²) in [7, 11) is 2.79. The molecule has 2 aromatic carbocycles. The highest BCUT2D eigenvalue weighted by Crippen LogP contribution is 2.40. The van der Waals surface area contributed by atoms with Gasteiger partial charge in [0.1, 0.15) is 12.1 Å². The molecule has 0 unspecified atom stereocenters. The minimum atomic E-state index is -1.05. The van der Waals surface area contributed by atoms with Crippen LogP contribution in [0.2, 0.25) is 0 Å². The zero-order valence-electron chi connectivity index (χ0n) is 22.9. The molecule has 13 nitrogen and oxygen atoms in total. The van der Waals surface area contributed by atoms with Gasteiger partial charge in [-0.15, -0.1) is 0 Å². The van der Waals surface area contributed by atoms with Crippen LogP contribution in [0, 0.1) is 0 Å². The number of nitrogens with one attached hydrogen (secondary N) is 1. The Balaban J connectivity index is 1.92. The van der Waals surface area contributed by atoms with Crippen LogP contribution in [0.15, 0.2) is 57.4 Å². The van der Waals surface area contributed by atoms with Gasteiger partial charge in [-0.3, -0.25) is 24.3 Å². The maximum Gasteiger partial charge on any atom is 0.267 e. The molecule has 1 fully saturated rings. The van der Waals surface area contributed by atoms with Crippen LogP contribution in [-0.4, -0.2) is 71.7 Å². The third-order valence-electron chi connectivity index (χ3n) is 5.99. The number of rotatable bonds is 12. The molecule has 1 aliphatic rings. The van der Waals surface area contributed by atoms with Gasteiger partial charge in [-0.05, 0) is 67.4 Å². The fraction of sp³-hybridized carbons (Fsp3) is 0.296. The number of methoxy groups -OCH3 is 2. The Bertz CT molecular complexity index is 1350. The Kier molecular flexibility index (Phi) is 10.6. The number of phenols is 1. The maximum atomic E-state index is 13.7. The van der Waals surface area contributed by atoms with Crippen LogP contribution in [0.5, 0.6) is 17.2 Å². The summed E-state index contributed by atoms with van der Waals surface area (Å²) in [5.74, 6) is -1.75. The minimum absolute atomic E-state index is 0.0818. The van der Waals surface area contributed by atoms with Gasteiger partial charge in [-0.25, -0.2) is 4.99 Å². The second kappa shape index (κ2) is 14.1. The Hall–Kier alpha value is -4.72. The molecule has 3 rings (SSSR count). The van der Waals surface area contributed by atoms with Gasteiger partial charge in [-0.2, -0.15) is 0 Å². The Morgan fingerprint density at radius 2 is 1.76 bits per heavy atom.